The molecular weight excluding hydrogens is 150 g/mol. The maximum absolute atomic E-state index is 11.3. The molecule has 0 radical (unpaired) electrons. The summed E-state index contributed by atoms with van der Waals surface area (Å²) in [4.78, 5) is 0. The van der Waals surface area contributed by atoms with Crippen molar-refractivity contribution in [3.8, 4) is 0 Å². The van der Waals surface area contributed by atoms with E-state index >= 15 is 0 Å². The minimum absolute atomic E-state index is 0.504. The molecule has 0 unspecified atom stereocenters. The molecule has 36 valence electrons. The molecule has 0 aliphatic heterocycles. The van der Waals surface area contributed by atoms with E-state index in [0.717, 1.165) is 0 Å². The number of hydrogen-bond acceptors (Lipinski definition) is 1. The first-order chi connectivity index (χ1) is 2.56. The quantitative estimate of drug-likeness (QED) is 0.408. The Morgan fingerprint density at radius 3 is 1.83 bits per heavy atom. The van der Waals surface area contributed by atoms with Gasteiger partial charge in [0.2, 0.25) is 0 Å². The molecule has 0 saturated heterocycles. The summed E-state index contributed by atoms with van der Waals surface area (Å²) >= 11 is 8.43. The highest BCUT2D eigenvalue weighted by Crippen LogP contribution is 2.20. The van der Waals surface area contributed by atoms with Crippen LogP contribution in [-0.4, -0.2) is 3.92 Å². The number of alkyl halides is 3. The Balaban J connectivity index is 3.45. The van der Waals surface area contributed by atoms with E-state index in [2.05, 4.69) is 23.2 Å². The summed E-state index contributed by atoms with van der Waals surface area (Å²) in [6, 6.07) is 0. The highest BCUT2D eigenvalue weighted by Gasteiger charge is 2.39. The van der Waals surface area contributed by atoms with Gasteiger partial charge in [0.15, 0.2) is 0 Å². The van der Waals surface area contributed by atoms with Gasteiger partial charge in [0, 0.05) is 27.4 Å². The van der Waals surface area contributed by atoms with Crippen molar-refractivity contribution in [2.45, 2.75) is 3.92 Å². The van der Waals surface area contributed by atoms with Crippen molar-refractivity contribution in [1.29, 1.82) is 0 Å². The first kappa shape index (κ1) is 6.53. The molecular formula is CCl2FOS+. The van der Waals surface area contributed by atoms with Crippen LogP contribution >= 0.6 is 23.2 Å². The fourth-order valence-electron chi connectivity index (χ4n) is 0. The largest absolute Gasteiger partial charge is 0.541 e. The van der Waals surface area contributed by atoms with E-state index in [0.29, 0.717) is 0 Å². The molecule has 0 aromatic rings. The summed E-state index contributed by atoms with van der Waals surface area (Å²) in [5.74, 6) is 0. The van der Waals surface area contributed by atoms with Crippen molar-refractivity contribution in [2.24, 2.45) is 0 Å². The third kappa shape index (κ3) is 4.53. The summed E-state index contributed by atoms with van der Waals surface area (Å²) in [5, 5.41) is 0. The molecule has 0 bridgehead atoms. The second kappa shape index (κ2) is 2.00. The van der Waals surface area contributed by atoms with Gasteiger partial charge in [-0.25, -0.2) is 0 Å². The summed E-state index contributed by atoms with van der Waals surface area (Å²) in [6.45, 7) is 0. The zero-order chi connectivity index (χ0) is 5.21. The van der Waals surface area contributed by atoms with Crippen LogP contribution in [0, 0.1) is 0 Å². The average molecular weight is 150 g/mol. The molecule has 5 heteroatoms. The normalized spacial score (nSPS) is 11.2. The van der Waals surface area contributed by atoms with E-state index in [1.165, 1.54) is 0 Å². The smallest absolute Gasteiger partial charge is 0.143 e. The van der Waals surface area contributed by atoms with Crippen LogP contribution in [0.2, 0.25) is 0 Å². The molecule has 0 aromatic carbocycles. The van der Waals surface area contributed by atoms with Gasteiger partial charge < -0.3 is 0 Å². The average Bonchev–Trinajstić information content (AvgIpc) is 1.35. The van der Waals surface area contributed by atoms with E-state index in [9.17, 15) is 8.60 Å². The Kier molecular flexibility index (Phi) is 2.18. The molecule has 1 nitrogen and oxygen atoms in total. The van der Waals surface area contributed by atoms with E-state index in [4.69, 9.17) is 0 Å². The van der Waals surface area contributed by atoms with Crippen molar-refractivity contribution in [3.05, 3.63) is 0 Å². The number of rotatable bonds is 1. The fraction of sp³-hybridized carbons (Fsp3) is 1.00. The van der Waals surface area contributed by atoms with E-state index in [1.807, 2.05) is 0 Å². The monoisotopic (exact) mass is 149 g/mol. The van der Waals surface area contributed by atoms with Gasteiger partial charge in [0.1, 0.15) is 0 Å². The molecule has 0 aromatic heterocycles. The third-order valence-electron chi connectivity index (χ3n) is 0.0945. The standard InChI is InChI=1S/CCl2FOS/c2-1(3,4)6-5/q+1. The molecule has 0 N–H and O–H groups in total. The van der Waals surface area contributed by atoms with Crippen molar-refractivity contribution in [1.82, 2.24) is 0 Å². The number of halogens is 3. The highest BCUT2D eigenvalue weighted by atomic mass is 35.5. The summed E-state index contributed by atoms with van der Waals surface area (Å²) in [6.07, 6.45) is 0. The summed E-state index contributed by atoms with van der Waals surface area (Å²) in [5.41, 5.74) is 0. The van der Waals surface area contributed by atoms with Gasteiger partial charge in [-0.2, -0.15) is 0 Å². The van der Waals surface area contributed by atoms with Gasteiger partial charge in [-0.3, -0.25) is 0 Å². The van der Waals surface area contributed by atoms with Crippen LogP contribution in [-0.2, 0) is 15.9 Å². The lowest BCUT2D eigenvalue weighted by Gasteiger charge is -1.73. The molecule has 0 amide bonds. The van der Waals surface area contributed by atoms with Crippen molar-refractivity contribution in [3.63, 3.8) is 0 Å². The Labute approximate surface area is 47.9 Å². The first-order valence-corrected chi connectivity index (χ1v) is 2.44. The van der Waals surface area contributed by atoms with E-state index in [-0.39, 0.29) is 0 Å². The Bertz CT molecular complexity index is 59.1. The van der Waals surface area contributed by atoms with E-state index < -0.39 is 15.6 Å². The Morgan fingerprint density at radius 2 is 1.83 bits per heavy atom. The number of hydrogen-bond donors (Lipinski definition) is 0. The first-order valence-electron chi connectivity index (χ1n) is 0.938. The molecule has 0 rings (SSSR count). The molecule has 6 heavy (non-hydrogen) atoms. The predicted molar refractivity (Wildman–Crippen MR) is 23.6 cm³/mol. The van der Waals surface area contributed by atoms with Gasteiger partial charge in [0.25, 0.3) is 0 Å². The second-order valence-electron chi connectivity index (χ2n) is 0.529. The van der Waals surface area contributed by atoms with Crippen LogP contribution in [0.4, 0.5) is 4.39 Å². The Hall–Kier alpha value is 0.530. The lowest BCUT2D eigenvalue weighted by molar-refractivity contribution is 0.494. The van der Waals surface area contributed by atoms with Crippen LogP contribution in [0.15, 0.2) is 0 Å². The predicted octanol–water partition coefficient (Wildman–Crippen LogP) is 1.47. The van der Waals surface area contributed by atoms with Gasteiger partial charge >= 0.3 is 15.6 Å². The minimum atomic E-state index is -2.65. The van der Waals surface area contributed by atoms with E-state index in [1.54, 1.807) is 0 Å². The van der Waals surface area contributed by atoms with Crippen LogP contribution in [0.1, 0.15) is 0 Å². The third-order valence-corrected chi connectivity index (χ3v) is 0.661. The van der Waals surface area contributed by atoms with Crippen molar-refractivity contribution in [2.75, 3.05) is 0 Å². The van der Waals surface area contributed by atoms with Crippen molar-refractivity contribution < 1.29 is 8.60 Å². The van der Waals surface area contributed by atoms with Crippen LogP contribution in [0.25, 0.3) is 0 Å². The molecule has 0 heterocycles. The molecule has 0 atom stereocenters. The topological polar surface area (TPSA) is 17.1 Å². The highest BCUT2D eigenvalue weighted by molar-refractivity contribution is 7.70. The zero-order valence-electron chi connectivity index (χ0n) is 2.45. The second-order valence-corrected chi connectivity index (χ2v) is 2.94. The maximum atomic E-state index is 11.3. The molecule has 0 spiro atoms. The molecule has 0 aliphatic carbocycles. The lowest BCUT2D eigenvalue weighted by atomic mass is 11.7. The van der Waals surface area contributed by atoms with Gasteiger partial charge in [-0.05, 0) is 0 Å². The Morgan fingerprint density at radius 1 is 1.67 bits per heavy atom. The van der Waals surface area contributed by atoms with Crippen molar-refractivity contribution >= 4 is 34.9 Å². The van der Waals surface area contributed by atoms with Gasteiger partial charge in [-0.1, -0.05) is 0 Å². The van der Waals surface area contributed by atoms with Crippen LogP contribution < -0.4 is 0 Å². The van der Waals surface area contributed by atoms with Gasteiger partial charge in [-0.15, -0.1) is 4.39 Å². The van der Waals surface area contributed by atoms with Gasteiger partial charge in [0.05, 0.1) is 0 Å². The fourth-order valence-corrected chi connectivity index (χ4v) is 0. The minimum Gasteiger partial charge on any atom is -0.143 e. The van der Waals surface area contributed by atoms with Crippen LogP contribution in [0.3, 0.4) is 0 Å². The SMILES string of the molecule is O=[S+]C(F)(Cl)Cl. The van der Waals surface area contributed by atoms with Crippen LogP contribution in [0.5, 0.6) is 0 Å². The molecule has 0 fully saturated rings. The molecule has 0 aliphatic rings. The summed E-state index contributed by atoms with van der Waals surface area (Å²) < 4.78 is 17.9. The maximum Gasteiger partial charge on any atom is 0.541 e. The zero-order valence-corrected chi connectivity index (χ0v) is 4.78. The molecule has 0 saturated carbocycles. The lowest BCUT2D eigenvalue weighted by Crippen LogP contribution is -1.97. The summed E-state index contributed by atoms with van der Waals surface area (Å²) in [7, 11) is 0.